The summed E-state index contributed by atoms with van der Waals surface area (Å²) in [5.41, 5.74) is 1.02. The van der Waals surface area contributed by atoms with Gasteiger partial charge in [-0.25, -0.2) is 4.79 Å². The third-order valence-corrected chi connectivity index (χ3v) is 2.77. The molecule has 1 aromatic rings. The van der Waals surface area contributed by atoms with Gasteiger partial charge < -0.3 is 14.8 Å². The molecule has 0 aromatic carbocycles. The molecule has 0 aliphatic carbocycles. The van der Waals surface area contributed by atoms with Crippen LogP contribution in [0.25, 0.3) is 0 Å². The second kappa shape index (κ2) is 6.90. The summed E-state index contributed by atoms with van der Waals surface area (Å²) in [5, 5.41) is 3.20. The van der Waals surface area contributed by atoms with Gasteiger partial charge in [0.25, 0.3) is 0 Å². The third-order valence-electron chi connectivity index (χ3n) is 2.56. The van der Waals surface area contributed by atoms with Gasteiger partial charge in [-0.1, -0.05) is 11.6 Å². The second-order valence-corrected chi connectivity index (χ2v) is 5.86. The Kier molecular flexibility index (Phi) is 5.77. The molecule has 1 aromatic heterocycles. The van der Waals surface area contributed by atoms with Crippen LogP contribution < -0.4 is 5.32 Å². The SMILES string of the molecule is COC(C)c1cc(Cl)cnc1CNC(=O)OC(C)(C)C. The van der Waals surface area contributed by atoms with Gasteiger partial charge in [0.05, 0.1) is 23.4 Å². The first kappa shape index (κ1) is 16.7. The minimum Gasteiger partial charge on any atom is -0.444 e. The van der Waals surface area contributed by atoms with Crippen molar-refractivity contribution in [2.24, 2.45) is 0 Å². The van der Waals surface area contributed by atoms with Crippen molar-refractivity contribution in [2.75, 3.05) is 7.11 Å². The molecule has 20 heavy (non-hydrogen) atoms. The van der Waals surface area contributed by atoms with Gasteiger partial charge in [-0.05, 0) is 33.8 Å². The first-order valence-electron chi connectivity index (χ1n) is 6.37. The monoisotopic (exact) mass is 300 g/mol. The number of pyridine rings is 1. The molecule has 6 heteroatoms. The Morgan fingerprint density at radius 2 is 2.15 bits per heavy atom. The van der Waals surface area contributed by atoms with Crippen molar-refractivity contribution < 1.29 is 14.3 Å². The van der Waals surface area contributed by atoms with Crippen LogP contribution in [0.15, 0.2) is 12.3 Å². The highest BCUT2D eigenvalue weighted by Crippen LogP contribution is 2.22. The fraction of sp³-hybridized carbons (Fsp3) is 0.571. The van der Waals surface area contributed by atoms with Gasteiger partial charge in [0.1, 0.15) is 5.60 Å². The van der Waals surface area contributed by atoms with Crippen molar-refractivity contribution in [3.8, 4) is 0 Å². The van der Waals surface area contributed by atoms with E-state index in [9.17, 15) is 4.79 Å². The van der Waals surface area contributed by atoms with Gasteiger partial charge in [0.15, 0.2) is 0 Å². The zero-order valence-electron chi connectivity index (χ0n) is 12.5. The molecule has 1 rings (SSSR count). The number of nitrogens with one attached hydrogen (secondary N) is 1. The van der Waals surface area contributed by atoms with Crippen LogP contribution in [-0.2, 0) is 16.0 Å². The van der Waals surface area contributed by atoms with Crippen LogP contribution in [0.1, 0.15) is 45.1 Å². The highest BCUT2D eigenvalue weighted by molar-refractivity contribution is 6.30. The Morgan fingerprint density at radius 3 is 2.70 bits per heavy atom. The topological polar surface area (TPSA) is 60.5 Å². The predicted octanol–water partition coefficient (Wildman–Crippen LogP) is 3.47. The lowest BCUT2D eigenvalue weighted by atomic mass is 10.1. The summed E-state index contributed by atoms with van der Waals surface area (Å²) >= 11 is 5.94. The van der Waals surface area contributed by atoms with E-state index in [1.165, 1.54) is 0 Å². The maximum absolute atomic E-state index is 11.6. The predicted molar refractivity (Wildman–Crippen MR) is 77.7 cm³/mol. The molecule has 1 heterocycles. The lowest BCUT2D eigenvalue weighted by Crippen LogP contribution is -2.32. The van der Waals surface area contributed by atoms with Crippen molar-refractivity contribution in [3.05, 3.63) is 28.5 Å². The number of methoxy groups -OCH3 is 1. The summed E-state index contributed by atoms with van der Waals surface area (Å²) in [6.07, 6.45) is 0.904. The number of rotatable bonds is 4. The van der Waals surface area contributed by atoms with Crippen LogP contribution in [0.5, 0.6) is 0 Å². The molecule has 112 valence electrons. The van der Waals surface area contributed by atoms with E-state index in [1.54, 1.807) is 19.4 Å². The van der Waals surface area contributed by atoms with E-state index in [0.29, 0.717) is 10.7 Å². The van der Waals surface area contributed by atoms with Crippen molar-refractivity contribution in [3.63, 3.8) is 0 Å². The molecule has 0 aliphatic heterocycles. The number of carbonyl (C=O) groups is 1. The Bertz CT molecular complexity index is 472. The quantitative estimate of drug-likeness (QED) is 0.925. The maximum atomic E-state index is 11.6. The van der Waals surface area contributed by atoms with E-state index in [1.807, 2.05) is 27.7 Å². The summed E-state index contributed by atoms with van der Waals surface area (Å²) in [4.78, 5) is 15.9. The Hall–Kier alpha value is -1.33. The number of carbonyl (C=O) groups excluding carboxylic acids is 1. The average molecular weight is 301 g/mol. The number of aromatic nitrogens is 1. The molecule has 0 spiro atoms. The molecule has 0 radical (unpaired) electrons. The number of alkyl carbamates (subject to hydrolysis) is 1. The molecule has 1 N–H and O–H groups in total. The van der Waals surface area contributed by atoms with Crippen molar-refractivity contribution in [1.29, 1.82) is 0 Å². The molecule has 0 saturated carbocycles. The summed E-state index contributed by atoms with van der Waals surface area (Å²) in [7, 11) is 1.61. The lowest BCUT2D eigenvalue weighted by Gasteiger charge is -2.20. The first-order valence-corrected chi connectivity index (χ1v) is 6.74. The Labute approximate surface area is 124 Å². The highest BCUT2D eigenvalue weighted by Gasteiger charge is 2.17. The molecular weight excluding hydrogens is 280 g/mol. The van der Waals surface area contributed by atoms with E-state index >= 15 is 0 Å². The zero-order chi connectivity index (χ0) is 15.3. The smallest absolute Gasteiger partial charge is 0.407 e. The van der Waals surface area contributed by atoms with Crippen molar-refractivity contribution in [2.45, 2.75) is 45.9 Å². The molecule has 0 fully saturated rings. The van der Waals surface area contributed by atoms with Crippen LogP contribution in [0.3, 0.4) is 0 Å². The number of nitrogens with zero attached hydrogens (tertiary/aromatic N) is 1. The van der Waals surface area contributed by atoms with Gasteiger partial charge in [-0.15, -0.1) is 0 Å². The van der Waals surface area contributed by atoms with Gasteiger partial charge in [-0.2, -0.15) is 0 Å². The van der Waals surface area contributed by atoms with E-state index < -0.39 is 11.7 Å². The molecule has 0 saturated heterocycles. The lowest BCUT2D eigenvalue weighted by molar-refractivity contribution is 0.0521. The molecular formula is C14H21ClN2O3. The molecule has 0 aliphatic rings. The Morgan fingerprint density at radius 1 is 1.50 bits per heavy atom. The standard InChI is InChI=1S/C14H21ClN2O3/c1-9(19-5)11-6-10(15)7-16-12(11)8-17-13(18)20-14(2,3)4/h6-7,9H,8H2,1-5H3,(H,17,18). The maximum Gasteiger partial charge on any atom is 0.407 e. The summed E-state index contributed by atoms with van der Waals surface area (Å²) in [5.74, 6) is 0. The minimum atomic E-state index is -0.528. The van der Waals surface area contributed by atoms with Gasteiger partial charge in [0.2, 0.25) is 0 Å². The summed E-state index contributed by atoms with van der Waals surface area (Å²) < 4.78 is 10.5. The number of halogens is 1. The van der Waals surface area contributed by atoms with Crippen molar-refractivity contribution >= 4 is 17.7 Å². The number of amides is 1. The van der Waals surface area contributed by atoms with Crippen LogP contribution in [0.2, 0.25) is 5.02 Å². The summed E-state index contributed by atoms with van der Waals surface area (Å²) in [6.45, 7) is 7.59. The number of hydrogen-bond donors (Lipinski definition) is 1. The Balaban J connectivity index is 2.75. The largest absolute Gasteiger partial charge is 0.444 e. The second-order valence-electron chi connectivity index (χ2n) is 5.42. The summed E-state index contributed by atoms with van der Waals surface area (Å²) in [6, 6.07) is 1.79. The first-order chi connectivity index (χ1) is 9.23. The van der Waals surface area contributed by atoms with Crippen molar-refractivity contribution in [1.82, 2.24) is 10.3 Å². The fourth-order valence-corrected chi connectivity index (χ4v) is 1.75. The van der Waals surface area contributed by atoms with E-state index in [2.05, 4.69) is 10.3 Å². The van der Waals surface area contributed by atoms with E-state index in [-0.39, 0.29) is 12.6 Å². The zero-order valence-corrected chi connectivity index (χ0v) is 13.2. The highest BCUT2D eigenvalue weighted by atomic mass is 35.5. The minimum absolute atomic E-state index is 0.156. The van der Waals surface area contributed by atoms with Crippen LogP contribution in [0.4, 0.5) is 4.79 Å². The van der Waals surface area contributed by atoms with Gasteiger partial charge in [0, 0.05) is 18.9 Å². The van der Waals surface area contributed by atoms with Crippen LogP contribution in [0, 0.1) is 0 Å². The van der Waals surface area contributed by atoms with Gasteiger partial charge in [-0.3, -0.25) is 4.98 Å². The third kappa shape index (κ3) is 5.35. The average Bonchev–Trinajstić information content (AvgIpc) is 2.34. The molecule has 1 amide bonds. The molecule has 5 nitrogen and oxygen atoms in total. The number of hydrogen-bond acceptors (Lipinski definition) is 4. The normalized spacial score (nSPS) is 12.9. The van der Waals surface area contributed by atoms with Gasteiger partial charge >= 0.3 is 6.09 Å². The van der Waals surface area contributed by atoms with Crippen LogP contribution in [-0.4, -0.2) is 23.8 Å². The number of ether oxygens (including phenoxy) is 2. The molecule has 1 unspecified atom stereocenters. The van der Waals surface area contributed by atoms with Crippen LogP contribution >= 0.6 is 11.6 Å². The molecule has 0 bridgehead atoms. The fourth-order valence-electron chi connectivity index (χ4n) is 1.58. The van der Waals surface area contributed by atoms with E-state index in [0.717, 1.165) is 5.56 Å². The molecule has 1 atom stereocenters. The van der Waals surface area contributed by atoms with E-state index in [4.69, 9.17) is 21.1 Å².